The maximum Gasteiger partial charge on any atom is 0.264 e. The van der Waals surface area contributed by atoms with E-state index >= 15 is 0 Å². The molecule has 0 spiro atoms. The van der Waals surface area contributed by atoms with Gasteiger partial charge < -0.3 is 0 Å². The van der Waals surface area contributed by atoms with Crippen molar-refractivity contribution in [3.8, 4) is 0 Å². The molecule has 0 saturated heterocycles. The van der Waals surface area contributed by atoms with Gasteiger partial charge in [0, 0.05) is 11.6 Å². The molecule has 0 aliphatic heterocycles. The van der Waals surface area contributed by atoms with Crippen molar-refractivity contribution in [2.24, 2.45) is 5.92 Å². The van der Waals surface area contributed by atoms with Gasteiger partial charge in [-0.3, -0.25) is 4.31 Å². The lowest BCUT2D eigenvalue weighted by Crippen LogP contribution is -2.34. The summed E-state index contributed by atoms with van der Waals surface area (Å²) >= 11 is 6.19. The molecule has 0 heterocycles. The molecule has 0 aromatic heterocycles. The molecular formula is C20H24ClNO2S. The minimum atomic E-state index is -3.72. The van der Waals surface area contributed by atoms with Crippen molar-refractivity contribution < 1.29 is 8.42 Å². The molecular weight excluding hydrogens is 354 g/mol. The van der Waals surface area contributed by atoms with Gasteiger partial charge in [0.2, 0.25) is 0 Å². The van der Waals surface area contributed by atoms with Gasteiger partial charge in [-0.05, 0) is 49.1 Å². The minimum absolute atomic E-state index is 0.179. The van der Waals surface area contributed by atoms with Gasteiger partial charge in [0.05, 0.1) is 10.6 Å². The normalized spacial score (nSPS) is 11.6. The van der Waals surface area contributed by atoms with Crippen LogP contribution in [0, 0.1) is 19.8 Å². The minimum Gasteiger partial charge on any atom is -0.266 e. The smallest absolute Gasteiger partial charge is 0.264 e. The van der Waals surface area contributed by atoms with Crippen molar-refractivity contribution in [2.45, 2.75) is 32.6 Å². The van der Waals surface area contributed by atoms with Crippen LogP contribution in [0.15, 0.2) is 47.9 Å². The van der Waals surface area contributed by atoms with Crippen molar-refractivity contribution >= 4 is 33.4 Å². The highest BCUT2D eigenvalue weighted by Crippen LogP contribution is 2.30. The highest BCUT2D eigenvalue weighted by molar-refractivity contribution is 7.92. The van der Waals surface area contributed by atoms with Crippen molar-refractivity contribution in [2.75, 3.05) is 10.8 Å². The molecule has 0 radical (unpaired) electrons. The molecule has 0 fully saturated rings. The molecule has 0 bridgehead atoms. The zero-order chi connectivity index (χ0) is 18.8. The van der Waals surface area contributed by atoms with Gasteiger partial charge in [-0.25, -0.2) is 8.42 Å². The second-order valence-electron chi connectivity index (χ2n) is 6.61. The number of hydrogen-bond donors (Lipinski definition) is 0. The van der Waals surface area contributed by atoms with Gasteiger partial charge in [-0.1, -0.05) is 61.9 Å². The number of anilines is 1. The zero-order valence-electron chi connectivity index (χ0n) is 15.1. The van der Waals surface area contributed by atoms with Crippen molar-refractivity contribution in [3.05, 3.63) is 64.7 Å². The second kappa shape index (κ2) is 7.63. The lowest BCUT2D eigenvalue weighted by atomic mass is 10.1. The van der Waals surface area contributed by atoms with Crippen LogP contribution in [0.4, 0.5) is 5.69 Å². The Morgan fingerprint density at radius 2 is 1.84 bits per heavy atom. The first-order chi connectivity index (χ1) is 11.7. The third-order valence-electron chi connectivity index (χ3n) is 3.93. The number of benzene rings is 2. The third kappa shape index (κ3) is 4.25. The largest absolute Gasteiger partial charge is 0.266 e. The van der Waals surface area contributed by atoms with E-state index in [4.69, 9.17) is 11.6 Å². The molecule has 0 aliphatic rings. The first-order valence-corrected chi connectivity index (χ1v) is 10.0. The Balaban J connectivity index is 2.59. The maximum absolute atomic E-state index is 13.3. The lowest BCUT2D eigenvalue weighted by molar-refractivity contribution is 0.577. The first kappa shape index (κ1) is 19.5. The molecule has 134 valence electrons. The number of rotatable bonds is 6. The summed E-state index contributed by atoms with van der Waals surface area (Å²) in [6.45, 7) is 12.0. The highest BCUT2D eigenvalue weighted by Gasteiger charge is 2.27. The van der Waals surface area contributed by atoms with Crippen molar-refractivity contribution in [3.63, 3.8) is 0 Å². The summed E-state index contributed by atoms with van der Waals surface area (Å²) in [4.78, 5) is 0.184. The summed E-state index contributed by atoms with van der Waals surface area (Å²) in [6, 6.07) is 10.5. The number of sulfonamides is 1. The topological polar surface area (TPSA) is 37.4 Å². The second-order valence-corrected chi connectivity index (χ2v) is 8.88. The van der Waals surface area contributed by atoms with Crippen LogP contribution < -0.4 is 4.31 Å². The number of aryl methyl sites for hydroxylation is 2. The Hall–Kier alpha value is -1.78. The summed E-state index contributed by atoms with van der Waals surface area (Å²) < 4.78 is 28.1. The van der Waals surface area contributed by atoms with Crippen LogP contribution >= 0.6 is 11.6 Å². The van der Waals surface area contributed by atoms with Gasteiger partial charge in [-0.2, -0.15) is 0 Å². The van der Waals surface area contributed by atoms with Crippen LogP contribution in [0.25, 0.3) is 6.08 Å². The molecule has 3 nitrogen and oxygen atoms in total. The van der Waals surface area contributed by atoms with Crippen LogP contribution in [-0.2, 0) is 10.0 Å². The summed E-state index contributed by atoms with van der Waals surface area (Å²) in [5, 5.41) is 0.376. The molecule has 0 saturated carbocycles. The SMILES string of the molecule is C=Cc1ccc(S(=O)(=O)N(CC(C)C)c2ccc(C)cc2C)cc1Cl. The van der Waals surface area contributed by atoms with Crippen LogP contribution in [-0.4, -0.2) is 15.0 Å². The standard InChI is InChI=1S/C20H24ClNO2S/c1-6-17-8-9-18(12-19(17)21)25(23,24)22(13-14(2)3)20-10-7-15(4)11-16(20)5/h6-12,14H,1,13H2,2-5H3. The number of nitrogens with zero attached hydrogens (tertiary/aromatic N) is 1. The van der Waals surface area contributed by atoms with E-state index in [2.05, 4.69) is 6.58 Å². The van der Waals surface area contributed by atoms with Crippen molar-refractivity contribution in [1.29, 1.82) is 0 Å². The zero-order valence-corrected chi connectivity index (χ0v) is 16.7. The molecule has 0 N–H and O–H groups in total. The highest BCUT2D eigenvalue weighted by atomic mass is 35.5. The van der Waals surface area contributed by atoms with Gasteiger partial charge >= 0.3 is 0 Å². The average Bonchev–Trinajstić information content (AvgIpc) is 2.52. The summed E-state index contributed by atoms with van der Waals surface area (Å²) in [7, 11) is -3.72. The molecule has 25 heavy (non-hydrogen) atoms. The summed E-state index contributed by atoms with van der Waals surface area (Å²) in [5.74, 6) is 0.179. The van der Waals surface area contributed by atoms with Crippen LogP contribution in [0.5, 0.6) is 0 Å². The van der Waals surface area contributed by atoms with E-state index in [0.29, 0.717) is 22.8 Å². The molecule has 0 amide bonds. The van der Waals surface area contributed by atoms with Gasteiger partial charge in [-0.15, -0.1) is 0 Å². The van der Waals surface area contributed by atoms with Crippen molar-refractivity contribution in [1.82, 2.24) is 0 Å². The van der Waals surface area contributed by atoms with Crippen LogP contribution in [0.1, 0.15) is 30.5 Å². The van der Waals surface area contributed by atoms with E-state index < -0.39 is 10.0 Å². The quantitative estimate of drug-likeness (QED) is 0.671. The summed E-state index contributed by atoms with van der Waals surface area (Å²) in [5.41, 5.74) is 3.44. The Morgan fingerprint density at radius 1 is 1.16 bits per heavy atom. The van der Waals surface area contributed by atoms with Crippen LogP contribution in [0.2, 0.25) is 5.02 Å². The fourth-order valence-electron chi connectivity index (χ4n) is 2.70. The maximum atomic E-state index is 13.3. The predicted molar refractivity (Wildman–Crippen MR) is 107 cm³/mol. The first-order valence-electron chi connectivity index (χ1n) is 8.18. The molecule has 2 rings (SSSR count). The molecule has 0 aliphatic carbocycles. The Labute approximate surface area is 156 Å². The van der Waals surface area contributed by atoms with E-state index in [1.165, 1.54) is 10.4 Å². The number of hydrogen-bond acceptors (Lipinski definition) is 2. The Kier molecular flexibility index (Phi) is 5.96. The summed E-state index contributed by atoms with van der Waals surface area (Å²) in [6.07, 6.45) is 1.61. The van der Waals surface area contributed by atoms with Crippen LogP contribution in [0.3, 0.4) is 0 Å². The molecule has 2 aromatic carbocycles. The Bertz CT molecular complexity index is 889. The third-order valence-corrected chi connectivity index (χ3v) is 6.03. The fraction of sp³-hybridized carbons (Fsp3) is 0.300. The average molecular weight is 378 g/mol. The van der Waals surface area contributed by atoms with Gasteiger partial charge in [0.15, 0.2) is 0 Å². The molecule has 2 aromatic rings. The van der Waals surface area contributed by atoms with Gasteiger partial charge in [0.25, 0.3) is 10.0 Å². The number of halogens is 1. The van der Waals surface area contributed by atoms with E-state index in [1.54, 1.807) is 18.2 Å². The molecule has 0 atom stereocenters. The fourth-order valence-corrected chi connectivity index (χ4v) is 4.75. The lowest BCUT2D eigenvalue weighted by Gasteiger charge is -2.28. The predicted octanol–water partition coefficient (Wildman–Crippen LogP) is 5.45. The molecule has 5 heteroatoms. The van der Waals surface area contributed by atoms with E-state index in [1.807, 2.05) is 45.9 Å². The molecule has 0 unspecified atom stereocenters. The van der Waals surface area contributed by atoms with E-state index in [-0.39, 0.29) is 10.8 Å². The van der Waals surface area contributed by atoms with E-state index in [0.717, 1.165) is 11.1 Å². The van der Waals surface area contributed by atoms with Gasteiger partial charge in [0.1, 0.15) is 0 Å². The van der Waals surface area contributed by atoms with E-state index in [9.17, 15) is 8.42 Å². The Morgan fingerprint density at radius 3 is 2.36 bits per heavy atom. The monoisotopic (exact) mass is 377 g/mol.